The number of aromatic carboxylic acids is 1. The molecule has 2 aromatic heterocycles. The monoisotopic (exact) mass is 761 g/mol. The van der Waals surface area contributed by atoms with E-state index in [1.54, 1.807) is 22.8 Å². The van der Waals surface area contributed by atoms with Crippen molar-refractivity contribution >= 4 is 28.6 Å². The van der Waals surface area contributed by atoms with Crippen LogP contribution in [0.25, 0.3) is 22.3 Å². The zero-order valence-electron chi connectivity index (χ0n) is 27.7. The first kappa shape index (κ1) is 36.2. The van der Waals surface area contributed by atoms with Gasteiger partial charge in [0.25, 0.3) is 6.43 Å². The van der Waals surface area contributed by atoms with Gasteiger partial charge < -0.3 is 28.6 Å². The van der Waals surface area contributed by atoms with Gasteiger partial charge in [-0.3, -0.25) is 4.39 Å². The molecule has 7 rings (SSSR count). The lowest BCUT2D eigenvalue weighted by molar-refractivity contribution is -0.0508. The van der Waals surface area contributed by atoms with E-state index in [1.807, 2.05) is 0 Å². The molecule has 3 heterocycles. The number of hydrogen-bond acceptors (Lipinski definition) is 7. The highest BCUT2D eigenvalue weighted by Gasteiger charge is 2.44. The molecule has 0 bridgehead atoms. The van der Waals surface area contributed by atoms with Crippen molar-refractivity contribution in [3.05, 3.63) is 93.5 Å². The number of fused-ring (bicyclic) bond motifs is 2. The number of nitrogens with zero attached hydrogens (tertiary/aromatic N) is 3. The minimum absolute atomic E-state index is 0.0951. The predicted octanol–water partition coefficient (Wildman–Crippen LogP) is 8.69. The molecule has 0 spiro atoms. The summed E-state index contributed by atoms with van der Waals surface area (Å²) >= 11 is 5.94. The molecular weight excluding hydrogens is 732 g/mol. The van der Waals surface area contributed by atoms with Crippen LogP contribution in [0.4, 0.5) is 26.3 Å². The number of ether oxygens (including phenoxy) is 4. The third-order valence-electron chi connectivity index (χ3n) is 9.24. The first-order chi connectivity index (χ1) is 25.4. The van der Waals surface area contributed by atoms with E-state index in [-0.39, 0.29) is 76.6 Å². The molecule has 0 unspecified atom stereocenters. The van der Waals surface area contributed by atoms with Crippen molar-refractivity contribution in [2.24, 2.45) is 5.41 Å². The van der Waals surface area contributed by atoms with Gasteiger partial charge in [0, 0.05) is 58.1 Å². The van der Waals surface area contributed by atoms with Crippen LogP contribution in [-0.4, -0.2) is 58.5 Å². The molecular formula is C37H30ClF6N3O6. The number of carbonyl (C=O) groups is 1. The molecule has 0 amide bonds. The molecule has 5 aromatic rings. The molecule has 278 valence electrons. The number of benzene rings is 3. The number of pyridine rings is 1. The van der Waals surface area contributed by atoms with Crippen molar-refractivity contribution in [3.8, 4) is 34.4 Å². The Kier molecular flexibility index (Phi) is 10.0. The van der Waals surface area contributed by atoms with Gasteiger partial charge in [0.05, 0.1) is 30.1 Å². The molecule has 2 aliphatic rings. The van der Waals surface area contributed by atoms with Crippen molar-refractivity contribution < 1.29 is 55.2 Å². The molecule has 53 heavy (non-hydrogen) atoms. The van der Waals surface area contributed by atoms with Gasteiger partial charge in [0.15, 0.2) is 0 Å². The Morgan fingerprint density at radius 2 is 1.85 bits per heavy atom. The number of aromatic nitrogens is 3. The van der Waals surface area contributed by atoms with Crippen LogP contribution in [0, 0.1) is 11.2 Å². The first-order valence-electron chi connectivity index (χ1n) is 16.5. The van der Waals surface area contributed by atoms with E-state index in [0.29, 0.717) is 47.4 Å². The SMILES string of the molecule is O=C(O)c1cc(OCC(F)F)c2nc(Cc3c(F)cc(-c4cccc(OCc5ccc(Cl)cc5OC(F)F)n4)c4c3CCO4)n(CC3(CF)CC3)c2c1. The Bertz CT molecular complexity index is 2190. The van der Waals surface area contributed by atoms with Gasteiger partial charge in [-0.05, 0) is 49.2 Å². The molecule has 1 aliphatic carbocycles. The number of carboxylic acids is 1. The molecule has 1 saturated carbocycles. The number of imidazole rings is 1. The van der Waals surface area contributed by atoms with Gasteiger partial charge in [-0.15, -0.1) is 0 Å². The topological polar surface area (TPSA) is 105 Å². The minimum atomic E-state index is -3.08. The zero-order chi connectivity index (χ0) is 37.4. The van der Waals surface area contributed by atoms with Gasteiger partial charge in [-0.1, -0.05) is 23.7 Å². The second-order valence-electron chi connectivity index (χ2n) is 12.8. The average Bonchev–Trinajstić information content (AvgIpc) is 3.58. The number of alkyl halides is 5. The summed E-state index contributed by atoms with van der Waals surface area (Å²) in [5, 5.41) is 9.97. The van der Waals surface area contributed by atoms with E-state index < -0.39 is 43.5 Å². The predicted molar refractivity (Wildman–Crippen MR) is 180 cm³/mol. The lowest BCUT2D eigenvalue weighted by Gasteiger charge is -2.17. The van der Waals surface area contributed by atoms with Crippen LogP contribution in [0.5, 0.6) is 23.1 Å². The average molecular weight is 762 g/mol. The van der Waals surface area contributed by atoms with Gasteiger partial charge in [-0.2, -0.15) is 8.78 Å². The molecule has 0 saturated heterocycles. The van der Waals surface area contributed by atoms with Crippen molar-refractivity contribution in [2.45, 2.75) is 51.9 Å². The molecule has 1 aliphatic heterocycles. The maximum absolute atomic E-state index is 16.3. The van der Waals surface area contributed by atoms with E-state index in [4.69, 9.17) is 25.8 Å². The summed E-state index contributed by atoms with van der Waals surface area (Å²) in [7, 11) is 0. The Hall–Kier alpha value is -5.18. The fourth-order valence-corrected chi connectivity index (χ4v) is 6.54. The van der Waals surface area contributed by atoms with Crippen LogP contribution in [0.3, 0.4) is 0 Å². The fraction of sp³-hybridized carbons (Fsp3) is 0.324. The Morgan fingerprint density at radius 3 is 2.57 bits per heavy atom. The summed E-state index contributed by atoms with van der Waals surface area (Å²) in [5.41, 5.74) is 1.07. The first-order valence-corrected chi connectivity index (χ1v) is 16.9. The maximum Gasteiger partial charge on any atom is 0.387 e. The van der Waals surface area contributed by atoms with Gasteiger partial charge in [0.2, 0.25) is 5.88 Å². The van der Waals surface area contributed by atoms with Crippen LogP contribution in [0.2, 0.25) is 5.02 Å². The lowest BCUT2D eigenvalue weighted by Crippen LogP contribution is -2.17. The summed E-state index contributed by atoms with van der Waals surface area (Å²) in [6.07, 6.45) is -1.49. The van der Waals surface area contributed by atoms with Gasteiger partial charge >= 0.3 is 12.6 Å². The summed E-state index contributed by atoms with van der Waals surface area (Å²) in [4.78, 5) is 21.2. The van der Waals surface area contributed by atoms with Crippen LogP contribution >= 0.6 is 11.6 Å². The fourth-order valence-electron chi connectivity index (χ4n) is 6.38. The van der Waals surface area contributed by atoms with Crippen molar-refractivity contribution in [1.29, 1.82) is 0 Å². The molecule has 0 radical (unpaired) electrons. The van der Waals surface area contributed by atoms with Crippen LogP contribution in [0.15, 0.2) is 54.6 Å². The Morgan fingerprint density at radius 1 is 1.04 bits per heavy atom. The minimum Gasteiger partial charge on any atom is -0.492 e. The standard InChI is InChI=1S/C37H30ClF6N3O6/c38-21-5-4-19(28(12-21)53-36(43)44)15-52-32-3-1-2-26(45-32)24-13-25(40)23(22-6-9-50-34(22)24)14-31-46-33-27(47(31)18-37(17-39)7-8-37)10-20(35(48)49)11-29(33)51-16-30(41)42/h1-5,10-13,30,36H,6-9,14-18H2,(H,48,49). The highest BCUT2D eigenvalue weighted by Crippen LogP contribution is 2.49. The number of halogens is 7. The number of carboxylic acid groups (broad SMARTS) is 1. The molecule has 16 heteroatoms. The largest absolute Gasteiger partial charge is 0.492 e. The van der Waals surface area contributed by atoms with E-state index in [0.717, 1.165) is 6.07 Å². The van der Waals surface area contributed by atoms with Gasteiger partial charge in [0.1, 0.15) is 47.6 Å². The number of rotatable bonds is 15. The molecule has 9 nitrogen and oxygen atoms in total. The van der Waals surface area contributed by atoms with Crippen LogP contribution < -0.4 is 18.9 Å². The third-order valence-corrected chi connectivity index (χ3v) is 9.48. The van der Waals surface area contributed by atoms with E-state index in [1.165, 1.54) is 30.3 Å². The van der Waals surface area contributed by atoms with Gasteiger partial charge in [-0.25, -0.2) is 27.9 Å². The number of hydrogen-bond donors (Lipinski definition) is 1. The molecule has 3 aromatic carbocycles. The third kappa shape index (κ3) is 7.66. The summed E-state index contributed by atoms with van der Waals surface area (Å²) in [6.45, 7) is -4.59. The quantitative estimate of drug-likeness (QED) is 0.106. The Balaban J connectivity index is 1.24. The maximum atomic E-state index is 16.3. The summed E-state index contributed by atoms with van der Waals surface area (Å²) in [5.74, 6) is -1.55. The van der Waals surface area contributed by atoms with Crippen molar-refractivity contribution in [2.75, 3.05) is 19.9 Å². The second kappa shape index (κ2) is 14.7. The second-order valence-corrected chi connectivity index (χ2v) is 13.3. The summed E-state index contributed by atoms with van der Waals surface area (Å²) < 4.78 is 106. The van der Waals surface area contributed by atoms with Crippen LogP contribution in [0.1, 0.15) is 45.7 Å². The van der Waals surface area contributed by atoms with Crippen molar-refractivity contribution in [1.82, 2.24) is 14.5 Å². The summed E-state index contributed by atoms with van der Waals surface area (Å²) in [6, 6.07) is 12.7. The van der Waals surface area contributed by atoms with E-state index in [9.17, 15) is 31.9 Å². The smallest absolute Gasteiger partial charge is 0.387 e. The lowest BCUT2D eigenvalue weighted by atomic mass is 9.96. The van der Waals surface area contributed by atoms with Crippen molar-refractivity contribution in [3.63, 3.8) is 0 Å². The molecule has 1 fully saturated rings. The zero-order valence-corrected chi connectivity index (χ0v) is 28.4. The van der Waals surface area contributed by atoms with E-state index >= 15 is 4.39 Å². The molecule has 1 N–H and O–H groups in total. The van der Waals surface area contributed by atoms with Crippen LogP contribution in [-0.2, 0) is 26.0 Å². The highest BCUT2D eigenvalue weighted by molar-refractivity contribution is 6.30. The Labute approximate surface area is 303 Å². The van der Waals surface area contributed by atoms with E-state index in [2.05, 4.69) is 14.7 Å². The molecule has 0 atom stereocenters. The normalized spacial score (nSPS) is 14.4. The highest BCUT2D eigenvalue weighted by atomic mass is 35.5.